The van der Waals surface area contributed by atoms with Gasteiger partial charge in [-0.3, -0.25) is 4.79 Å². The van der Waals surface area contributed by atoms with Crippen molar-refractivity contribution in [3.63, 3.8) is 0 Å². The van der Waals surface area contributed by atoms with E-state index in [1.54, 1.807) is 6.07 Å². The molecule has 0 radical (unpaired) electrons. The maximum atomic E-state index is 12.2. The molecular formula is C18H26N2O3S. The van der Waals surface area contributed by atoms with Crippen molar-refractivity contribution in [1.29, 1.82) is 0 Å². The van der Waals surface area contributed by atoms with E-state index < -0.39 is 10.0 Å². The normalized spacial score (nSPS) is 15.2. The Morgan fingerprint density at radius 1 is 1.29 bits per heavy atom. The van der Waals surface area contributed by atoms with Crippen LogP contribution in [-0.4, -0.2) is 38.0 Å². The Morgan fingerprint density at radius 3 is 2.71 bits per heavy atom. The Bertz CT molecular complexity index is 711. The third kappa shape index (κ3) is 6.09. The second kappa shape index (κ2) is 8.44. The van der Waals surface area contributed by atoms with E-state index in [0.29, 0.717) is 18.7 Å². The molecule has 0 saturated carbocycles. The summed E-state index contributed by atoms with van der Waals surface area (Å²) in [7, 11) is -3.42. The molecule has 0 saturated heterocycles. The lowest BCUT2D eigenvalue weighted by Crippen LogP contribution is -2.38. The second-order valence-corrected chi connectivity index (χ2v) is 8.35. The van der Waals surface area contributed by atoms with E-state index in [1.165, 1.54) is 22.7 Å². The molecule has 5 nitrogen and oxygen atoms in total. The van der Waals surface area contributed by atoms with Gasteiger partial charge in [0.2, 0.25) is 15.9 Å². The highest BCUT2D eigenvalue weighted by molar-refractivity contribution is 7.88. The summed E-state index contributed by atoms with van der Waals surface area (Å²) in [5, 5.41) is 2.76. The number of carbonyl (C=O) groups excluding carboxylic acids is 1. The van der Waals surface area contributed by atoms with Crippen molar-refractivity contribution in [3.05, 3.63) is 41.5 Å². The van der Waals surface area contributed by atoms with E-state index in [-0.39, 0.29) is 12.5 Å². The van der Waals surface area contributed by atoms with Gasteiger partial charge in [-0.15, -0.1) is 0 Å². The molecule has 132 valence electrons. The fourth-order valence-corrected chi connectivity index (χ4v) is 3.62. The van der Waals surface area contributed by atoms with Crippen LogP contribution in [0.2, 0.25) is 0 Å². The van der Waals surface area contributed by atoms with Crippen LogP contribution >= 0.6 is 0 Å². The number of sulfonamides is 1. The minimum atomic E-state index is -3.42. The average molecular weight is 350 g/mol. The first-order valence-electron chi connectivity index (χ1n) is 8.34. The van der Waals surface area contributed by atoms with Gasteiger partial charge in [0.15, 0.2) is 0 Å². The van der Waals surface area contributed by atoms with Crippen molar-refractivity contribution in [2.45, 2.75) is 39.0 Å². The molecule has 0 bridgehead atoms. The molecule has 2 rings (SSSR count). The Kier molecular flexibility index (Phi) is 6.57. The quantitative estimate of drug-likeness (QED) is 0.769. The smallest absolute Gasteiger partial charge is 0.239 e. The van der Waals surface area contributed by atoms with E-state index in [1.807, 2.05) is 25.1 Å². The first kappa shape index (κ1) is 18.7. The molecule has 1 aliphatic carbocycles. The van der Waals surface area contributed by atoms with Crippen LogP contribution in [-0.2, 0) is 14.8 Å². The number of benzene rings is 1. The van der Waals surface area contributed by atoms with Crippen molar-refractivity contribution in [2.24, 2.45) is 0 Å². The maximum Gasteiger partial charge on any atom is 0.239 e. The van der Waals surface area contributed by atoms with Gasteiger partial charge in [-0.05, 0) is 56.7 Å². The third-order valence-electron chi connectivity index (χ3n) is 4.16. The number of allylic oxidation sites excluding steroid dienone is 1. The predicted molar refractivity (Wildman–Crippen MR) is 97.4 cm³/mol. The molecule has 0 heterocycles. The summed E-state index contributed by atoms with van der Waals surface area (Å²) in [5.41, 5.74) is 3.02. The first-order chi connectivity index (χ1) is 11.3. The van der Waals surface area contributed by atoms with E-state index in [2.05, 4.69) is 11.4 Å². The highest BCUT2D eigenvalue weighted by atomic mass is 32.2. The largest absolute Gasteiger partial charge is 0.325 e. The van der Waals surface area contributed by atoms with Crippen LogP contribution in [0.15, 0.2) is 35.9 Å². The van der Waals surface area contributed by atoms with E-state index in [0.717, 1.165) is 24.7 Å². The molecule has 1 aromatic rings. The molecule has 0 aliphatic heterocycles. The van der Waals surface area contributed by atoms with Crippen molar-refractivity contribution in [3.8, 4) is 0 Å². The Labute approximate surface area is 144 Å². The molecule has 0 fully saturated rings. The number of nitrogens with zero attached hydrogens (tertiary/aromatic N) is 1. The summed E-state index contributed by atoms with van der Waals surface area (Å²) in [5.74, 6) is -0.316. The molecule has 1 aromatic carbocycles. The zero-order valence-electron chi connectivity index (χ0n) is 14.4. The van der Waals surface area contributed by atoms with E-state index in [4.69, 9.17) is 0 Å². The zero-order chi connectivity index (χ0) is 17.6. The number of rotatable bonds is 7. The van der Waals surface area contributed by atoms with Crippen LogP contribution in [0.25, 0.3) is 0 Å². The number of carbonyl (C=O) groups is 1. The Morgan fingerprint density at radius 2 is 2.08 bits per heavy atom. The van der Waals surface area contributed by atoms with Crippen LogP contribution in [0.5, 0.6) is 0 Å². The van der Waals surface area contributed by atoms with Crippen LogP contribution in [0.4, 0.5) is 5.69 Å². The lowest BCUT2D eigenvalue weighted by atomic mass is 9.97. The summed E-state index contributed by atoms with van der Waals surface area (Å²) in [6, 6.07) is 7.45. The van der Waals surface area contributed by atoms with Crippen LogP contribution < -0.4 is 5.32 Å². The molecular weight excluding hydrogens is 324 g/mol. The molecule has 1 amide bonds. The molecule has 1 N–H and O–H groups in total. The highest BCUT2D eigenvalue weighted by Gasteiger charge is 2.20. The Balaban J connectivity index is 1.95. The summed E-state index contributed by atoms with van der Waals surface area (Å²) in [4.78, 5) is 12.2. The van der Waals surface area contributed by atoms with Crippen molar-refractivity contribution < 1.29 is 13.2 Å². The highest BCUT2D eigenvalue weighted by Crippen LogP contribution is 2.20. The second-order valence-electron chi connectivity index (χ2n) is 6.37. The molecule has 24 heavy (non-hydrogen) atoms. The molecule has 6 heteroatoms. The van der Waals surface area contributed by atoms with Crippen molar-refractivity contribution in [2.75, 3.05) is 24.7 Å². The average Bonchev–Trinajstić information content (AvgIpc) is 2.51. The number of aryl methyl sites for hydroxylation is 1. The van der Waals surface area contributed by atoms with Gasteiger partial charge in [0.1, 0.15) is 0 Å². The summed E-state index contributed by atoms with van der Waals surface area (Å²) in [6.45, 7) is 2.14. The monoisotopic (exact) mass is 350 g/mol. The van der Waals surface area contributed by atoms with Crippen LogP contribution in [0.3, 0.4) is 0 Å². The number of amides is 1. The molecule has 0 spiro atoms. The molecule has 0 atom stereocenters. The lowest BCUT2D eigenvalue weighted by Gasteiger charge is -2.21. The zero-order valence-corrected chi connectivity index (χ0v) is 15.2. The van der Waals surface area contributed by atoms with Gasteiger partial charge in [-0.25, -0.2) is 8.42 Å². The summed E-state index contributed by atoms with van der Waals surface area (Å²) >= 11 is 0. The van der Waals surface area contributed by atoms with Gasteiger partial charge < -0.3 is 5.32 Å². The summed E-state index contributed by atoms with van der Waals surface area (Å²) < 4.78 is 25.2. The third-order valence-corrected chi connectivity index (χ3v) is 5.41. The number of hydrogen-bond donors (Lipinski definition) is 1. The molecule has 1 aliphatic rings. The standard InChI is InChI=1S/C18H26N2O3S/c1-15-7-6-10-17(13-15)19-18(21)14-20(24(2,22)23)12-11-16-8-4-3-5-9-16/h6-8,10,13H,3-5,9,11-12,14H2,1-2H3,(H,19,21). The van der Waals surface area contributed by atoms with Gasteiger partial charge in [0.25, 0.3) is 0 Å². The van der Waals surface area contributed by atoms with E-state index >= 15 is 0 Å². The van der Waals surface area contributed by atoms with Gasteiger partial charge in [0, 0.05) is 12.2 Å². The summed E-state index contributed by atoms with van der Waals surface area (Å²) in [6.07, 6.45) is 8.54. The van der Waals surface area contributed by atoms with E-state index in [9.17, 15) is 13.2 Å². The van der Waals surface area contributed by atoms with Gasteiger partial charge in [-0.1, -0.05) is 23.8 Å². The number of nitrogens with one attached hydrogen (secondary N) is 1. The number of hydrogen-bond acceptors (Lipinski definition) is 3. The Hall–Kier alpha value is -1.66. The van der Waals surface area contributed by atoms with Gasteiger partial charge in [0.05, 0.1) is 12.8 Å². The molecule has 0 unspecified atom stereocenters. The molecule has 0 aromatic heterocycles. The lowest BCUT2D eigenvalue weighted by molar-refractivity contribution is -0.116. The van der Waals surface area contributed by atoms with Crippen molar-refractivity contribution in [1.82, 2.24) is 4.31 Å². The topological polar surface area (TPSA) is 66.5 Å². The van der Waals surface area contributed by atoms with Crippen molar-refractivity contribution >= 4 is 21.6 Å². The maximum absolute atomic E-state index is 12.2. The van der Waals surface area contributed by atoms with Crippen LogP contribution in [0.1, 0.15) is 37.7 Å². The first-order valence-corrected chi connectivity index (χ1v) is 10.2. The number of anilines is 1. The van der Waals surface area contributed by atoms with Gasteiger partial charge in [-0.2, -0.15) is 4.31 Å². The van der Waals surface area contributed by atoms with Crippen LogP contribution in [0, 0.1) is 6.92 Å². The fourth-order valence-electron chi connectivity index (χ4n) is 2.85. The predicted octanol–water partition coefficient (Wildman–Crippen LogP) is 3.09. The van der Waals surface area contributed by atoms with Gasteiger partial charge >= 0.3 is 0 Å². The SMILES string of the molecule is Cc1cccc(NC(=O)CN(CCC2=CCCCC2)S(C)(=O)=O)c1. The minimum absolute atomic E-state index is 0.153. The fraction of sp³-hybridized carbons (Fsp3) is 0.500. The minimum Gasteiger partial charge on any atom is -0.325 e.